The van der Waals surface area contributed by atoms with Gasteiger partial charge in [-0.1, -0.05) is 47.3 Å². The highest BCUT2D eigenvalue weighted by Gasteiger charge is 2.35. The molecule has 0 radical (unpaired) electrons. The molecule has 7 heteroatoms. The van der Waals surface area contributed by atoms with Crippen LogP contribution in [0.25, 0.3) is 11.4 Å². The topological polar surface area (TPSA) is 62.5 Å². The lowest BCUT2D eigenvalue weighted by atomic mass is 9.95. The van der Waals surface area contributed by atoms with Crippen LogP contribution < -0.4 is 4.90 Å². The lowest BCUT2D eigenvalue weighted by Crippen LogP contribution is -2.47. The van der Waals surface area contributed by atoms with E-state index in [4.69, 9.17) is 16.1 Å². The summed E-state index contributed by atoms with van der Waals surface area (Å²) in [6, 6.07) is 16.2. The van der Waals surface area contributed by atoms with Gasteiger partial charge in [0.2, 0.25) is 17.6 Å². The summed E-state index contributed by atoms with van der Waals surface area (Å²) in [6.07, 6.45) is 6.34. The minimum absolute atomic E-state index is 0.0192. The molecule has 1 aliphatic carbocycles. The average molecular weight is 479 g/mol. The van der Waals surface area contributed by atoms with Crippen molar-refractivity contribution in [2.24, 2.45) is 5.92 Å². The summed E-state index contributed by atoms with van der Waals surface area (Å²) in [5.41, 5.74) is 3.29. The zero-order valence-corrected chi connectivity index (χ0v) is 20.4. The van der Waals surface area contributed by atoms with Crippen molar-refractivity contribution in [1.82, 2.24) is 15.0 Å². The predicted octanol–water partition coefficient (Wildman–Crippen LogP) is 5.89. The van der Waals surface area contributed by atoms with E-state index >= 15 is 0 Å². The number of aryl methyl sites for hydroxylation is 1. The summed E-state index contributed by atoms with van der Waals surface area (Å²) in [6.45, 7) is 4.21. The molecule has 6 nitrogen and oxygen atoms in total. The van der Waals surface area contributed by atoms with Crippen molar-refractivity contribution in [2.75, 3.05) is 18.0 Å². The first-order valence-electron chi connectivity index (χ1n) is 12.3. The number of carbonyl (C=O) groups excluding carboxylic acids is 1. The fourth-order valence-corrected chi connectivity index (χ4v) is 5.31. The number of carbonyl (C=O) groups is 1. The van der Waals surface area contributed by atoms with Gasteiger partial charge in [-0.2, -0.15) is 4.98 Å². The number of nitrogens with zero attached hydrogens (tertiary/aromatic N) is 4. The first kappa shape index (κ1) is 22.9. The molecule has 34 heavy (non-hydrogen) atoms. The van der Waals surface area contributed by atoms with E-state index in [2.05, 4.69) is 46.2 Å². The maximum absolute atomic E-state index is 13.8. The molecule has 0 spiro atoms. The van der Waals surface area contributed by atoms with Crippen LogP contribution in [0.2, 0.25) is 5.02 Å². The highest BCUT2D eigenvalue weighted by atomic mass is 35.5. The van der Waals surface area contributed by atoms with E-state index in [1.54, 1.807) is 0 Å². The van der Waals surface area contributed by atoms with E-state index in [0.717, 1.165) is 57.2 Å². The Kier molecular flexibility index (Phi) is 6.86. The van der Waals surface area contributed by atoms with Gasteiger partial charge in [0.15, 0.2) is 0 Å². The zero-order chi connectivity index (χ0) is 23.5. The van der Waals surface area contributed by atoms with Crippen molar-refractivity contribution < 1.29 is 9.32 Å². The summed E-state index contributed by atoms with van der Waals surface area (Å²) < 4.78 is 5.58. The summed E-state index contributed by atoms with van der Waals surface area (Å²) in [5.74, 6) is 1.20. The molecule has 1 saturated carbocycles. The molecule has 178 valence electrons. The Balaban J connectivity index is 1.32. The summed E-state index contributed by atoms with van der Waals surface area (Å²) >= 11 is 6.00. The molecule has 2 aliphatic rings. The maximum Gasteiger partial charge on any atom is 0.246 e. The summed E-state index contributed by atoms with van der Waals surface area (Å²) in [5, 5.41) is 4.82. The number of amides is 1. The van der Waals surface area contributed by atoms with Gasteiger partial charge in [0.1, 0.15) is 6.54 Å². The molecule has 0 N–H and O–H groups in total. The Morgan fingerprint density at radius 3 is 2.53 bits per heavy atom. The van der Waals surface area contributed by atoms with Gasteiger partial charge in [-0.15, -0.1) is 0 Å². The molecule has 5 rings (SSSR count). The number of aromatic nitrogens is 2. The Labute approximate surface area is 205 Å². The van der Waals surface area contributed by atoms with Crippen LogP contribution >= 0.6 is 11.6 Å². The van der Waals surface area contributed by atoms with E-state index in [1.807, 2.05) is 29.2 Å². The zero-order valence-electron chi connectivity index (χ0n) is 19.6. The highest BCUT2D eigenvalue weighted by molar-refractivity contribution is 6.30. The van der Waals surface area contributed by atoms with Crippen molar-refractivity contribution in [3.05, 3.63) is 65.0 Å². The van der Waals surface area contributed by atoms with Gasteiger partial charge < -0.3 is 14.3 Å². The van der Waals surface area contributed by atoms with Gasteiger partial charge in [-0.05, 0) is 69.0 Å². The molecule has 3 aromatic rings. The van der Waals surface area contributed by atoms with Gasteiger partial charge >= 0.3 is 0 Å². The van der Waals surface area contributed by atoms with Crippen LogP contribution in [0.3, 0.4) is 0 Å². The van der Waals surface area contributed by atoms with Crippen LogP contribution in [0.1, 0.15) is 50.0 Å². The van der Waals surface area contributed by atoms with Crippen molar-refractivity contribution in [2.45, 2.75) is 58.0 Å². The van der Waals surface area contributed by atoms with Crippen molar-refractivity contribution in [1.29, 1.82) is 0 Å². The van der Waals surface area contributed by atoms with Crippen LogP contribution in [0.4, 0.5) is 5.69 Å². The molecule has 2 fully saturated rings. The number of rotatable bonds is 6. The molecule has 1 saturated heterocycles. The Morgan fingerprint density at radius 2 is 1.79 bits per heavy atom. The minimum Gasteiger partial charge on any atom is -0.371 e. The molecular formula is C27H31ClN4O2. The van der Waals surface area contributed by atoms with Crippen LogP contribution in [-0.4, -0.2) is 40.1 Å². The fourth-order valence-electron chi connectivity index (χ4n) is 5.19. The third-order valence-electron chi connectivity index (χ3n) is 7.09. The minimum atomic E-state index is -0.0192. The van der Waals surface area contributed by atoms with Gasteiger partial charge in [0.05, 0.1) is 5.92 Å². The van der Waals surface area contributed by atoms with Crippen LogP contribution in [0, 0.1) is 12.8 Å². The highest BCUT2D eigenvalue weighted by Crippen LogP contribution is 2.30. The second-order valence-electron chi connectivity index (χ2n) is 9.54. The molecular weight excluding hydrogens is 448 g/mol. The number of hydrogen-bond donors (Lipinski definition) is 0. The van der Waals surface area contributed by atoms with Crippen molar-refractivity contribution >= 4 is 23.2 Å². The number of halogens is 1. The number of piperidine rings is 1. The van der Waals surface area contributed by atoms with E-state index in [-0.39, 0.29) is 17.9 Å². The number of benzene rings is 2. The molecule has 1 aromatic heterocycles. The van der Waals surface area contributed by atoms with E-state index in [9.17, 15) is 4.79 Å². The first-order chi connectivity index (χ1) is 16.6. The molecule has 2 heterocycles. The smallest absolute Gasteiger partial charge is 0.246 e. The summed E-state index contributed by atoms with van der Waals surface area (Å²) in [7, 11) is 0. The molecule has 0 bridgehead atoms. The van der Waals surface area contributed by atoms with Gasteiger partial charge in [0.25, 0.3) is 0 Å². The normalized spacial score (nSPS) is 18.9. The number of anilines is 1. The maximum atomic E-state index is 13.8. The van der Waals surface area contributed by atoms with Gasteiger partial charge in [-0.3, -0.25) is 4.79 Å². The SMILES string of the molecule is Cc1ccc(N2CCC[C@@H](C(=O)N(Cc3nc(-c4ccc(Cl)cc4)no3)C3CCCC3)C2)cc1. The largest absolute Gasteiger partial charge is 0.371 e. The molecule has 1 aliphatic heterocycles. The van der Waals surface area contributed by atoms with Crippen LogP contribution in [0.15, 0.2) is 53.1 Å². The fraction of sp³-hybridized carbons (Fsp3) is 0.444. The standard InChI is InChI=1S/C27H31ClN4O2/c1-19-8-14-23(15-9-19)31-16-4-5-21(17-31)27(33)32(24-6-2-3-7-24)18-25-29-26(30-34-25)20-10-12-22(28)13-11-20/h8-15,21,24H,2-7,16-18H2,1H3/t21-/m1/s1. The Bertz CT molecular complexity index is 1110. The molecule has 1 amide bonds. The van der Waals surface area contributed by atoms with Crippen molar-refractivity contribution in [3.63, 3.8) is 0 Å². The first-order valence-corrected chi connectivity index (χ1v) is 12.7. The Morgan fingerprint density at radius 1 is 1.06 bits per heavy atom. The van der Waals surface area contributed by atoms with Crippen molar-refractivity contribution in [3.8, 4) is 11.4 Å². The molecule has 1 atom stereocenters. The number of hydrogen-bond acceptors (Lipinski definition) is 5. The predicted molar refractivity (Wildman–Crippen MR) is 134 cm³/mol. The lowest BCUT2D eigenvalue weighted by Gasteiger charge is -2.37. The van der Waals surface area contributed by atoms with Gasteiger partial charge in [-0.25, -0.2) is 0 Å². The van der Waals surface area contributed by atoms with Gasteiger partial charge in [0, 0.05) is 35.4 Å². The average Bonchev–Trinajstić information content (AvgIpc) is 3.56. The third-order valence-corrected chi connectivity index (χ3v) is 7.35. The Hall–Kier alpha value is -2.86. The van der Waals surface area contributed by atoms with E-state index in [0.29, 0.717) is 23.3 Å². The van der Waals surface area contributed by atoms with Crippen LogP contribution in [0.5, 0.6) is 0 Å². The monoisotopic (exact) mass is 478 g/mol. The molecule has 0 unspecified atom stereocenters. The second kappa shape index (κ2) is 10.2. The summed E-state index contributed by atoms with van der Waals surface area (Å²) in [4.78, 5) is 22.8. The van der Waals surface area contributed by atoms with Crippen LogP contribution in [-0.2, 0) is 11.3 Å². The lowest BCUT2D eigenvalue weighted by molar-refractivity contribution is -0.139. The van der Waals surface area contributed by atoms with E-state index in [1.165, 1.54) is 11.3 Å². The molecule has 2 aromatic carbocycles. The van der Waals surface area contributed by atoms with E-state index < -0.39 is 0 Å². The quantitative estimate of drug-likeness (QED) is 0.442. The second-order valence-corrected chi connectivity index (χ2v) is 9.98. The third kappa shape index (κ3) is 5.12.